The molecule has 2 N–H and O–H groups in total. The van der Waals surface area contributed by atoms with Gasteiger partial charge in [0.15, 0.2) is 0 Å². The van der Waals surface area contributed by atoms with E-state index in [-0.39, 0.29) is 24.0 Å². The topological polar surface area (TPSA) is 49.3 Å². The van der Waals surface area contributed by atoms with Crippen molar-refractivity contribution in [3.63, 3.8) is 0 Å². The summed E-state index contributed by atoms with van der Waals surface area (Å²) in [6.07, 6.45) is 5.03. The maximum atomic E-state index is 11.9. The second-order valence-corrected chi connectivity index (χ2v) is 5.97. The first-order chi connectivity index (χ1) is 7.42. The van der Waals surface area contributed by atoms with Gasteiger partial charge in [-0.25, -0.2) is 0 Å². The Kier molecular flexibility index (Phi) is 4.78. The summed E-state index contributed by atoms with van der Waals surface area (Å²) in [5, 5.41) is 11.9. The molecule has 1 saturated carbocycles. The third-order valence-corrected chi connectivity index (χ3v) is 3.25. The van der Waals surface area contributed by atoms with Crippen LogP contribution < -0.4 is 5.32 Å². The summed E-state index contributed by atoms with van der Waals surface area (Å²) >= 11 is 0. The lowest BCUT2D eigenvalue weighted by Gasteiger charge is -2.30. The number of aliphatic hydroxyl groups excluding tert-OH is 1. The van der Waals surface area contributed by atoms with Gasteiger partial charge in [0.1, 0.15) is 0 Å². The van der Waals surface area contributed by atoms with Crippen molar-refractivity contribution < 1.29 is 9.90 Å². The van der Waals surface area contributed by atoms with E-state index in [1.165, 1.54) is 0 Å². The van der Waals surface area contributed by atoms with Crippen molar-refractivity contribution in [3.05, 3.63) is 0 Å². The molecule has 0 atom stereocenters. The SMILES string of the molecule is CC(C)(C)NC(=O)C1CCC(CCO)CC1. The lowest BCUT2D eigenvalue weighted by atomic mass is 9.80. The molecule has 0 saturated heterocycles. The van der Waals surface area contributed by atoms with Crippen molar-refractivity contribution in [2.75, 3.05) is 6.61 Å². The van der Waals surface area contributed by atoms with Crippen LogP contribution in [0.2, 0.25) is 0 Å². The number of nitrogens with one attached hydrogen (secondary N) is 1. The van der Waals surface area contributed by atoms with Gasteiger partial charge in [-0.1, -0.05) is 0 Å². The van der Waals surface area contributed by atoms with E-state index >= 15 is 0 Å². The normalized spacial score (nSPS) is 26.5. The predicted octanol–water partition coefficient (Wildman–Crippen LogP) is 2.09. The summed E-state index contributed by atoms with van der Waals surface area (Å²) in [7, 11) is 0. The van der Waals surface area contributed by atoms with Crippen molar-refractivity contribution >= 4 is 5.91 Å². The highest BCUT2D eigenvalue weighted by atomic mass is 16.3. The maximum absolute atomic E-state index is 11.9. The maximum Gasteiger partial charge on any atom is 0.223 e. The molecule has 0 aromatic rings. The molecular formula is C13H25NO2. The van der Waals surface area contributed by atoms with Gasteiger partial charge in [0.25, 0.3) is 0 Å². The highest BCUT2D eigenvalue weighted by molar-refractivity contribution is 5.79. The number of hydrogen-bond acceptors (Lipinski definition) is 2. The van der Waals surface area contributed by atoms with Gasteiger partial charge in [0, 0.05) is 18.1 Å². The van der Waals surface area contributed by atoms with E-state index in [0.29, 0.717) is 5.92 Å². The monoisotopic (exact) mass is 227 g/mol. The van der Waals surface area contributed by atoms with Crippen molar-refractivity contribution in [2.45, 2.75) is 58.4 Å². The van der Waals surface area contributed by atoms with Crippen molar-refractivity contribution in [1.82, 2.24) is 5.32 Å². The van der Waals surface area contributed by atoms with Crippen LogP contribution in [0.15, 0.2) is 0 Å². The van der Waals surface area contributed by atoms with Crippen LogP contribution in [0, 0.1) is 11.8 Å². The fourth-order valence-electron chi connectivity index (χ4n) is 2.37. The molecule has 1 aliphatic rings. The fourth-order valence-corrected chi connectivity index (χ4v) is 2.37. The van der Waals surface area contributed by atoms with Crippen LogP contribution in [0.3, 0.4) is 0 Å². The van der Waals surface area contributed by atoms with E-state index in [1.807, 2.05) is 20.8 Å². The van der Waals surface area contributed by atoms with Gasteiger partial charge in [-0.2, -0.15) is 0 Å². The van der Waals surface area contributed by atoms with Gasteiger partial charge in [0.05, 0.1) is 0 Å². The zero-order valence-electron chi connectivity index (χ0n) is 10.8. The minimum atomic E-state index is -0.126. The quantitative estimate of drug-likeness (QED) is 0.775. The van der Waals surface area contributed by atoms with Crippen LogP contribution >= 0.6 is 0 Å². The molecule has 0 heterocycles. The largest absolute Gasteiger partial charge is 0.396 e. The molecule has 0 spiro atoms. The second kappa shape index (κ2) is 5.67. The standard InChI is InChI=1S/C13H25NO2/c1-13(2,3)14-12(16)11-6-4-10(5-7-11)8-9-15/h10-11,15H,4-9H2,1-3H3,(H,14,16). The molecule has 0 radical (unpaired) electrons. The number of amides is 1. The van der Waals surface area contributed by atoms with Crippen LogP contribution in [0.5, 0.6) is 0 Å². The molecule has 0 unspecified atom stereocenters. The minimum Gasteiger partial charge on any atom is -0.396 e. The van der Waals surface area contributed by atoms with E-state index in [0.717, 1.165) is 32.1 Å². The van der Waals surface area contributed by atoms with E-state index in [4.69, 9.17) is 5.11 Å². The molecule has 0 aromatic heterocycles. The molecule has 3 heteroatoms. The number of rotatable bonds is 3. The summed E-state index contributed by atoms with van der Waals surface area (Å²) < 4.78 is 0. The zero-order valence-corrected chi connectivity index (χ0v) is 10.8. The Bertz CT molecular complexity index is 225. The van der Waals surface area contributed by atoms with Crippen molar-refractivity contribution in [3.8, 4) is 0 Å². The van der Waals surface area contributed by atoms with Crippen molar-refractivity contribution in [2.24, 2.45) is 11.8 Å². The molecule has 1 aliphatic carbocycles. The molecule has 0 bridgehead atoms. The van der Waals surface area contributed by atoms with Crippen LogP contribution in [0.1, 0.15) is 52.9 Å². The lowest BCUT2D eigenvalue weighted by molar-refractivity contribution is -0.127. The first kappa shape index (κ1) is 13.5. The fraction of sp³-hybridized carbons (Fsp3) is 0.923. The third kappa shape index (κ3) is 4.52. The van der Waals surface area contributed by atoms with Crippen LogP contribution in [-0.4, -0.2) is 23.2 Å². The first-order valence-corrected chi connectivity index (χ1v) is 6.35. The van der Waals surface area contributed by atoms with E-state index in [9.17, 15) is 4.79 Å². The van der Waals surface area contributed by atoms with Crippen LogP contribution in [0.4, 0.5) is 0 Å². The Labute approximate surface area is 98.6 Å². The molecule has 16 heavy (non-hydrogen) atoms. The predicted molar refractivity (Wildman–Crippen MR) is 65.0 cm³/mol. The van der Waals surface area contributed by atoms with Crippen molar-refractivity contribution in [1.29, 1.82) is 0 Å². The van der Waals surface area contributed by atoms with Gasteiger partial charge in [0.2, 0.25) is 5.91 Å². The van der Waals surface area contributed by atoms with Gasteiger partial charge in [-0.05, 0) is 58.8 Å². The van der Waals surface area contributed by atoms with Crippen LogP contribution in [0.25, 0.3) is 0 Å². The number of aliphatic hydroxyl groups is 1. The second-order valence-electron chi connectivity index (χ2n) is 5.97. The highest BCUT2D eigenvalue weighted by Crippen LogP contribution is 2.30. The molecule has 1 rings (SSSR count). The molecule has 94 valence electrons. The summed E-state index contributed by atoms with van der Waals surface area (Å²) in [5.41, 5.74) is -0.126. The average Bonchev–Trinajstić information content (AvgIpc) is 2.16. The molecule has 0 aromatic carbocycles. The Morgan fingerprint density at radius 1 is 1.25 bits per heavy atom. The molecule has 1 fully saturated rings. The van der Waals surface area contributed by atoms with Crippen LogP contribution in [-0.2, 0) is 4.79 Å². The Morgan fingerprint density at radius 2 is 1.81 bits per heavy atom. The third-order valence-electron chi connectivity index (χ3n) is 3.25. The lowest BCUT2D eigenvalue weighted by Crippen LogP contribution is -2.44. The summed E-state index contributed by atoms with van der Waals surface area (Å²) in [6.45, 7) is 6.33. The number of carbonyl (C=O) groups is 1. The Hall–Kier alpha value is -0.570. The average molecular weight is 227 g/mol. The highest BCUT2D eigenvalue weighted by Gasteiger charge is 2.27. The van der Waals surface area contributed by atoms with E-state index in [2.05, 4.69) is 5.32 Å². The summed E-state index contributed by atoms with van der Waals surface area (Å²) in [6, 6.07) is 0. The number of carbonyl (C=O) groups excluding carboxylic acids is 1. The smallest absolute Gasteiger partial charge is 0.223 e. The molecule has 0 aliphatic heterocycles. The number of hydrogen-bond donors (Lipinski definition) is 2. The Balaban J connectivity index is 2.33. The van der Waals surface area contributed by atoms with Gasteiger partial charge < -0.3 is 10.4 Å². The van der Waals surface area contributed by atoms with Gasteiger partial charge in [-0.3, -0.25) is 4.79 Å². The van der Waals surface area contributed by atoms with Gasteiger partial charge in [-0.15, -0.1) is 0 Å². The van der Waals surface area contributed by atoms with E-state index < -0.39 is 0 Å². The molecule has 1 amide bonds. The van der Waals surface area contributed by atoms with Gasteiger partial charge >= 0.3 is 0 Å². The Morgan fingerprint density at radius 3 is 2.25 bits per heavy atom. The molecular weight excluding hydrogens is 202 g/mol. The summed E-state index contributed by atoms with van der Waals surface area (Å²) in [4.78, 5) is 11.9. The summed E-state index contributed by atoms with van der Waals surface area (Å²) in [5.74, 6) is 1.02. The molecule has 3 nitrogen and oxygen atoms in total. The minimum absolute atomic E-state index is 0.126. The van der Waals surface area contributed by atoms with E-state index in [1.54, 1.807) is 0 Å². The first-order valence-electron chi connectivity index (χ1n) is 6.35. The zero-order chi connectivity index (χ0) is 12.2.